The second-order valence-electron chi connectivity index (χ2n) is 34.8. The molecule has 0 aliphatic heterocycles. The number of alkyl halides is 4. The summed E-state index contributed by atoms with van der Waals surface area (Å²) in [5.74, 6) is 17.6. The molecule has 0 bridgehead atoms. The van der Waals surface area contributed by atoms with Crippen molar-refractivity contribution in [3.8, 4) is 57.5 Å². The lowest BCUT2D eigenvalue weighted by Crippen LogP contribution is -2.06. The van der Waals surface area contributed by atoms with E-state index in [1.54, 1.807) is 103 Å². The minimum Gasteiger partial charge on any atom is -0.493 e. The van der Waals surface area contributed by atoms with E-state index >= 15 is 0 Å². The maximum absolute atomic E-state index is 12.6. The van der Waals surface area contributed by atoms with Crippen LogP contribution in [0.3, 0.4) is 0 Å². The van der Waals surface area contributed by atoms with Crippen molar-refractivity contribution in [1.82, 2.24) is 86.0 Å². The first kappa shape index (κ1) is 111. The van der Waals surface area contributed by atoms with Crippen molar-refractivity contribution in [3.63, 3.8) is 0 Å². The maximum Gasteiger partial charge on any atom is 0.417 e. The van der Waals surface area contributed by atoms with E-state index in [0.29, 0.717) is 58.8 Å². The predicted octanol–water partition coefficient (Wildman–Crippen LogP) is 24.5. The summed E-state index contributed by atoms with van der Waals surface area (Å²) in [5, 5.41) is -0.321. The molecular formula is C109H141ClF4N18O11. The molecule has 2 fully saturated rings. The van der Waals surface area contributed by atoms with Crippen LogP contribution in [0, 0.1) is 102 Å². The van der Waals surface area contributed by atoms with Gasteiger partial charge in [-0.1, -0.05) is 50.7 Å². The Morgan fingerprint density at radius 1 is 0.308 bits per heavy atom. The molecule has 0 atom stereocenters. The van der Waals surface area contributed by atoms with E-state index in [1.165, 1.54) is 70.6 Å². The third kappa shape index (κ3) is 25.1. The zero-order chi connectivity index (χ0) is 102. The van der Waals surface area contributed by atoms with Crippen LogP contribution in [0.2, 0.25) is 5.02 Å². The summed E-state index contributed by atoms with van der Waals surface area (Å²) in [4.78, 5) is 40.1. The summed E-state index contributed by atoms with van der Waals surface area (Å²) < 4.78 is 127. The highest BCUT2D eigenvalue weighted by molar-refractivity contribution is 6.32. The first-order chi connectivity index (χ1) is 67.4. The normalized spacial score (nSPS) is 12.0. The van der Waals surface area contributed by atoms with E-state index in [4.69, 9.17) is 63.7 Å². The summed E-state index contributed by atoms with van der Waals surface area (Å²) in [7, 11) is 23.6. The number of ether oxygens (including phenoxy) is 11. The van der Waals surface area contributed by atoms with Gasteiger partial charge in [-0.3, -0.25) is 0 Å². The van der Waals surface area contributed by atoms with Gasteiger partial charge in [-0.25, -0.2) is 49.2 Å². The molecule has 29 nitrogen and oxygen atoms in total. The number of benzene rings is 9. The lowest BCUT2D eigenvalue weighted by atomic mass is 10.1. The quantitative estimate of drug-likeness (QED) is 0.0605. The molecular weight excluding hydrogens is 1850 g/mol. The topological polar surface area (TPSA) is 262 Å². The van der Waals surface area contributed by atoms with Crippen molar-refractivity contribution in [1.29, 1.82) is 0 Å². The van der Waals surface area contributed by atoms with Gasteiger partial charge in [0.2, 0.25) is 0 Å². The second-order valence-corrected chi connectivity index (χ2v) is 35.2. The summed E-state index contributed by atoms with van der Waals surface area (Å²) in [6.07, 6.45) is 1.02. The highest BCUT2D eigenvalue weighted by Crippen LogP contribution is 2.42. The molecule has 2 aliphatic rings. The van der Waals surface area contributed by atoms with Crippen LogP contribution in [0.4, 0.5) is 17.6 Å². The molecule has 9 aromatic heterocycles. The molecule has 143 heavy (non-hydrogen) atoms. The van der Waals surface area contributed by atoms with Crippen LogP contribution in [0.25, 0.3) is 99.3 Å². The average Bonchev–Trinajstić information content (AvgIpc) is 1.64. The lowest BCUT2D eigenvalue weighted by Gasteiger charge is -2.09. The highest BCUT2D eigenvalue weighted by Gasteiger charge is 2.34. The molecule has 2 saturated carbocycles. The van der Waals surface area contributed by atoms with E-state index in [2.05, 4.69) is 184 Å². The number of hydrogen-bond donors (Lipinski definition) is 0. The standard InChI is InChI=1S/C14H18N2O2.C14H18N2.C13H18N2O3.C12H15FN2O2.C12H16N2O2.C11H14N2O2.C11H14N2.C10H8ClF3N2.C10H12N2.2CH4/c1-9-15-11-6-13(17-2)14(18-3)7-12(11)16(9)8-10-4-5-10;1-9-6-13-14(7-10(9)2)16(11(3)15-13)8-12-4-5-12;1-9-14-10-7-12(17-3)13(18-4)8-11(10)15(9)5-6-16-2;1-8-14-9-6-11(16-2)12(17-3)7-10(9)15(8)5-4-13;1-5-14-8(2)13-9-6-11(15-3)12(16-4)7-10(9)14;1-7-12-8-5-10(14-3)11(15-4)6-9(8)13(7)2;1-4-13-9(3)12-10-7-5-6-8(2)11(10)13;1-5-15-8-4-7(11)6(10(12,13)14)3-9(8)16(5)2;1-7-5-4-6-9-10(7)12(3)8(2)11-9;;/h6-7,10H,4-5,8H2,1-3H3;6-7,12H,4-5,8H2,1-3H3;7-8H,5-6H2,1-4H3;6-7H,4-5H2,1-3H3;6-7H,5H2,1-4H3;5-6H,1-4H3;5-7H,4H2,1-3H3;3-4H,1-2H3;4-6H,1-3H3;2*1H4. The third-order valence-corrected chi connectivity index (χ3v) is 26.0. The highest BCUT2D eigenvalue weighted by atomic mass is 35.5. The van der Waals surface area contributed by atoms with Crippen LogP contribution in [0.15, 0.2) is 121 Å². The minimum absolute atomic E-state index is 0. The summed E-state index contributed by atoms with van der Waals surface area (Å²) in [6, 6.07) is 38.4. The van der Waals surface area contributed by atoms with Gasteiger partial charge < -0.3 is 93.2 Å². The molecule has 0 saturated heterocycles. The number of hydrogen-bond acceptors (Lipinski definition) is 20. The molecule has 0 spiro atoms. The molecule has 34 heteroatoms. The Balaban J connectivity index is 0.000000165. The molecule has 0 unspecified atom stereocenters. The Hall–Kier alpha value is -13.8. The first-order valence-corrected chi connectivity index (χ1v) is 47.2. The zero-order valence-corrected chi connectivity index (χ0v) is 87.4. The van der Waals surface area contributed by atoms with Gasteiger partial charge in [0.15, 0.2) is 57.5 Å². The Morgan fingerprint density at radius 2 is 0.587 bits per heavy atom. The minimum atomic E-state index is -4.44. The van der Waals surface area contributed by atoms with Crippen molar-refractivity contribution in [2.24, 2.45) is 33.0 Å². The van der Waals surface area contributed by atoms with Crippen LogP contribution in [-0.4, -0.2) is 177 Å². The maximum atomic E-state index is 12.6. The van der Waals surface area contributed by atoms with Crippen LogP contribution in [0.5, 0.6) is 57.5 Å². The van der Waals surface area contributed by atoms with Gasteiger partial charge in [0.05, 0.1) is 194 Å². The van der Waals surface area contributed by atoms with E-state index in [1.807, 2.05) is 111 Å². The molecule has 768 valence electrons. The Kier molecular flexibility index (Phi) is 37.9. The van der Waals surface area contributed by atoms with Gasteiger partial charge in [-0.05, 0) is 200 Å². The fourth-order valence-corrected chi connectivity index (χ4v) is 17.5. The molecule has 2 aliphatic carbocycles. The number of rotatable bonds is 21. The second kappa shape index (κ2) is 48.8. The van der Waals surface area contributed by atoms with Crippen molar-refractivity contribution >= 4 is 111 Å². The first-order valence-electron chi connectivity index (χ1n) is 46.8. The third-order valence-electron chi connectivity index (χ3n) is 25.7. The monoisotopic (exact) mass is 1990 g/mol. The molecule has 9 aromatic carbocycles. The van der Waals surface area contributed by atoms with Crippen molar-refractivity contribution in [2.75, 3.05) is 91.5 Å². The fraction of sp³-hybridized carbons (Fsp3) is 0.422. The summed E-state index contributed by atoms with van der Waals surface area (Å²) in [6.45, 7) is 36.1. The summed E-state index contributed by atoms with van der Waals surface area (Å²) >= 11 is 5.58. The number of nitrogens with zero attached hydrogens (tertiary/aromatic N) is 18. The molecule has 0 radical (unpaired) electrons. The fourth-order valence-electron chi connectivity index (χ4n) is 17.2. The smallest absolute Gasteiger partial charge is 0.417 e. The molecule has 18 aromatic rings. The number of aryl methyl sites for hydroxylation is 19. The van der Waals surface area contributed by atoms with E-state index in [0.717, 1.165) is 198 Å². The van der Waals surface area contributed by atoms with Gasteiger partial charge in [0, 0.05) is 122 Å². The Labute approximate surface area is 840 Å². The molecule has 9 heterocycles. The van der Waals surface area contributed by atoms with Gasteiger partial charge in [0.25, 0.3) is 0 Å². The number of methoxy groups -OCH3 is 11. The van der Waals surface area contributed by atoms with Crippen LogP contribution in [0.1, 0.15) is 135 Å². The van der Waals surface area contributed by atoms with Crippen LogP contribution >= 0.6 is 11.6 Å². The van der Waals surface area contributed by atoms with Gasteiger partial charge in [-0.15, -0.1) is 0 Å². The number of imidazole rings is 9. The van der Waals surface area contributed by atoms with Crippen LogP contribution < -0.4 is 47.4 Å². The van der Waals surface area contributed by atoms with Crippen molar-refractivity contribution in [2.45, 2.75) is 190 Å². The Bertz CT molecular complexity index is 7430. The summed E-state index contributed by atoms with van der Waals surface area (Å²) in [5.41, 5.74) is 22.2. The van der Waals surface area contributed by atoms with Gasteiger partial charge >= 0.3 is 6.18 Å². The van der Waals surface area contributed by atoms with E-state index in [9.17, 15) is 17.6 Å². The lowest BCUT2D eigenvalue weighted by molar-refractivity contribution is -0.137. The van der Waals surface area contributed by atoms with Crippen molar-refractivity contribution in [3.05, 3.63) is 207 Å². The predicted molar refractivity (Wildman–Crippen MR) is 566 cm³/mol. The molecule has 20 rings (SSSR count). The average molecular weight is 1990 g/mol. The van der Waals surface area contributed by atoms with Gasteiger partial charge in [-0.2, -0.15) is 13.2 Å². The van der Waals surface area contributed by atoms with Crippen molar-refractivity contribution < 1.29 is 69.7 Å². The number of fused-ring (bicyclic) bond motifs is 9. The van der Waals surface area contributed by atoms with Crippen LogP contribution in [-0.2, 0) is 71.3 Å². The van der Waals surface area contributed by atoms with E-state index in [-0.39, 0.29) is 19.9 Å². The largest absolute Gasteiger partial charge is 0.493 e. The van der Waals surface area contributed by atoms with E-state index < -0.39 is 18.4 Å². The number of aromatic nitrogens is 18. The number of halogens is 5. The van der Waals surface area contributed by atoms with Gasteiger partial charge in [0.1, 0.15) is 59.1 Å². The zero-order valence-electron chi connectivity index (χ0n) is 86.6. The number of para-hydroxylation sites is 2. The Morgan fingerprint density at radius 3 is 0.958 bits per heavy atom. The molecule has 0 N–H and O–H groups in total. The SMILES string of the molecule is C.C.CCn1c(C)nc2cc(OC)c(OC)cc21.CCn1c(C)nc2cccc(C)c21.COCCn1c(C)nc2cc(OC)c(OC)cc21.COc1cc2nc(C)n(C)c2cc1OC.COc1cc2nc(C)n(CC3CC3)c2cc1OC.COc1cc2nc(C)n(CCF)c2cc1OC.Cc1cc2nc(C)n(CC3CC3)c2cc1C.Cc1cccc2nc(C)n(C)c12.Cc1nc2cc(Cl)c(C(F)(F)F)cc2n1C. The molecule has 0 amide bonds.